The fourth-order valence-corrected chi connectivity index (χ4v) is 2.50. The molecule has 0 radical (unpaired) electrons. The molecule has 0 amide bonds. The Morgan fingerprint density at radius 2 is 1.95 bits per heavy atom. The van der Waals surface area contributed by atoms with Crippen LogP contribution in [0.3, 0.4) is 0 Å². The van der Waals surface area contributed by atoms with Crippen molar-refractivity contribution in [3.05, 3.63) is 34.9 Å². The van der Waals surface area contributed by atoms with Crippen LogP contribution in [-0.4, -0.2) is 18.0 Å². The van der Waals surface area contributed by atoms with Gasteiger partial charge in [0.05, 0.1) is 23.1 Å². The smallest absolute Gasteiger partial charge is 0.0991 e. The summed E-state index contributed by atoms with van der Waals surface area (Å²) in [6.45, 7) is 6.98. The first-order valence-corrected chi connectivity index (χ1v) is 6.69. The molecule has 98 valence electrons. The van der Waals surface area contributed by atoms with E-state index in [1.54, 1.807) is 0 Å². The zero-order valence-electron chi connectivity index (χ0n) is 11.6. The van der Waals surface area contributed by atoms with Crippen LogP contribution < -0.4 is 0 Å². The van der Waals surface area contributed by atoms with Gasteiger partial charge in [-0.3, -0.25) is 4.90 Å². The highest BCUT2D eigenvalue weighted by Gasteiger charge is 2.29. The van der Waals surface area contributed by atoms with Crippen molar-refractivity contribution in [1.82, 2.24) is 4.90 Å². The molecule has 0 bridgehead atoms. The number of hydrogen-bond donors (Lipinski definition) is 0. The van der Waals surface area contributed by atoms with Gasteiger partial charge in [-0.1, -0.05) is 6.07 Å². The number of piperidine rings is 1. The summed E-state index contributed by atoms with van der Waals surface area (Å²) < 4.78 is 0. The second-order valence-corrected chi connectivity index (χ2v) is 5.70. The Labute approximate surface area is 115 Å². The molecule has 19 heavy (non-hydrogen) atoms. The second-order valence-electron chi connectivity index (χ2n) is 5.70. The minimum Gasteiger partial charge on any atom is -0.299 e. The van der Waals surface area contributed by atoms with Gasteiger partial charge in [-0.25, -0.2) is 0 Å². The minimum absolute atomic E-state index is 0.143. The molecular weight excluding hydrogens is 234 g/mol. The van der Waals surface area contributed by atoms with E-state index in [1.165, 1.54) is 11.1 Å². The summed E-state index contributed by atoms with van der Waals surface area (Å²) in [5.41, 5.74) is 3.03. The third-order valence-electron chi connectivity index (χ3n) is 4.10. The van der Waals surface area contributed by atoms with E-state index in [2.05, 4.69) is 30.9 Å². The molecule has 0 aliphatic carbocycles. The van der Waals surface area contributed by atoms with Crippen molar-refractivity contribution in [3.63, 3.8) is 0 Å². The maximum atomic E-state index is 9.13. The Bertz CT molecular complexity index is 540. The van der Waals surface area contributed by atoms with Gasteiger partial charge in [-0.05, 0) is 63.0 Å². The molecule has 1 aliphatic heterocycles. The molecule has 0 aromatic heterocycles. The van der Waals surface area contributed by atoms with Crippen molar-refractivity contribution in [2.75, 3.05) is 13.1 Å². The summed E-state index contributed by atoms with van der Waals surface area (Å²) in [5, 5.41) is 18.0. The summed E-state index contributed by atoms with van der Waals surface area (Å²) in [6, 6.07) is 10.5. The molecule has 1 aliphatic rings. The number of nitriles is 2. The minimum atomic E-state index is -0.143. The van der Waals surface area contributed by atoms with E-state index in [0.29, 0.717) is 0 Å². The highest BCUT2D eigenvalue weighted by molar-refractivity contribution is 5.37. The molecule has 0 unspecified atom stereocenters. The largest absolute Gasteiger partial charge is 0.299 e. The molecule has 0 spiro atoms. The second kappa shape index (κ2) is 5.43. The van der Waals surface area contributed by atoms with Crippen molar-refractivity contribution >= 4 is 0 Å². The zero-order chi connectivity index (χ0) is 13.9. The van der Waals surface area contributed by atoms with Gasteiger partial charge in [0.2, 0.25) is 0 Å². The maximum absolute atomic E-state index is 9.13. The molecule has 1 aromatic carbocycles. The van der Waals surface area contributed by atoms with Crippen LogP contribution in [0.15, 0.2) is 18.2 Å². The van der Waals surface area contributed by atoms with Gasteiger partial charge in [0.15, 0.2) is 0 Å². The fourth-order valence-electron chi connectivity index (χ4n) is 2.50. The van der Waals surface area contributed by atoms with Crippen molar-refractivity contribution in [2.24, 2.45) is 5.41 Å². The topological polar surface area (TPSA) is 50.8 Å². The SMILES string of the molecule is Cc1cc(C#N)ccc1CN1CCC(C)(C#N)CC1. The van der Waals surface area contributed by atoms with E-state index in [-0.39, 0.29) is 5.41 Å². The van der Waals surface area contributed by atoms with Crippen LogP contribution in [0, 0.1) is 35.0 Å². The monoisotopic (exact) mass is 253 g/mol. The van der Waals surface area contributed by atoms with Crippen LogP contribution in [0.25, 0.3) is 0 Å². The Balaban J connectivity index is 2.01. The molecule has 0 saturated carbocycles. The number of nitrogens with zero attached hydrogens (tertiary/aromatic N) is 3. The van der Waals surface area contributed by atoms with Gasteiger partial charge in [0, 0.05) is 6.54 Å². The molecule has 1 heterocycles. The Hall–Kier alpha value is -1.84. The van der Waals surface area contributed by atoms with E-state index in [4.69, 9.17) is 10.5 Å². The van der Waals surface area contributed by atoms with E-state index < -0.39 is 0 Å². The van der Waals surface area contributed by atoms with Crippen molar-refractivity contribution in [3.8, 4) is 12.1 Å². The number of hydrogen-bond acceptors (Lipinski definition) is 3. The first-order valence-electron chi connectivity index (χ1n) is 6.69. The number of rotatable bonds is 2. The standard InChI is InChI=1S/C16H19N3/c1-13-9-14(10-17)3-4-15(13)11-19-7-5-16(2,12-18)6-8-19/h3-4,9H,5-8,11H2,1-2H3. The van der Waals surface area contributed by atoms with Crippen LogP contribution in [0.4, 0.5) is 0 Å². The highest BCUT2D eigenvalue weighted by Crippen LogP contribution is 2.30. The average molecular weight is 253 g/mol. The van der Waals surface area contributed by atoms with Crippen LogP contribution in [0.2, 0.25) is 0 Å². The van der Waals surface area contributed by atoms with Crippen molar-refractivity contribution < 1.29 is 0 Å². The lowest BCUT2D eigenvalue weighted by Gasteiger charge is -2.35. The van der Waals surface area contributed by atoms with E-state index in [9.17, 15) is 0 Å². The van der Waals surface area contributed by atoms with Gasteiger partial charge in [0.25, 0.3) is 0 Å². The van der Waals surface area contributed by atoms with Gasteiger partial charge in [-0.15, -0.1) is 0 Å². The number of benzene rings is 1. The van der Waals surface area contributed by atoms with Gasteiger partial charge in [0.1, 0.15) is 0 Å². The average Bonchev–Trinajstić information content (AvgIpc) is 2.43. The predicted molar refractivity (Wildman–Crippen MR) is 74.1 cm³/mol. The van der Waals surface area contributed by atoms with E-state index in [0.717, 1.165) is 38.0 Å². The first-order chi connectivity index (χ1) is 9.06. The molecule has 3 nitrogen and oxygen atoms in total. The number of likely N-dealkylation sites (tertiary alicyclic amines) is 1. The maximum Gasteiger partial charge on any atom is 0.0991 e. The lowest BCUT2D eigenvalue weighted by atomic mass is 9.82. The summed E-state index contributed by atoms with van der Waals surface area (Å²) in [5.74, 6) is 0. The van der Waals surface area contributed by atoms with Crippen LogP contribution in [0.1, 0.15) is 36.5 Å². The third-order valence-corrected chi connectivity index (χ3v) is 4.10. The summed E-state index contributed by atoms with van der Waals surface area (Å²) in [4.78, 5) is 2.40. The predicted octanol–water partition coefficient (Wildman–Crippen LogP) is 2.99. The fraction of sp³-hybridized carbons (Fsp3) is 0.500. The molecule has 1 saturated heterocycles. The van der Waals surface area contributed by atoms with Crippen molar-refractivity contribution in [1.29, 1.82) is 10.5 Å². The Morgan fingerprint density at radius 3 is 2.47 bits per heavy atom. The summed E-state index contributed by atoms with van der Waals surface area (Å²) in [7, 11) is 0. The van der Waals surface area contributed by atoms with Crippen LogP contribution >= 0.6 is 0 Å². The molecule has 1 aromatic rings. The third kappa shape index (κ3) is 3.13. The molecule has 2 rings (SSSR count). The zero-order valence-corrected chi connectivity index (χ0v) is 11.6. The highest BCUT2D eigenvalue weighted by atomic mass is 15.1. The van der Waals surface area contributed by atoms with Gasteiger partial charge < -0.3 is 0 Å². The van der Waals surface area contributed by atoms with Crippen LogP contribution in [0.5, 0.6) is 0 Å². The normalized spacial score (nSPS) is 18.5. The Morgan fingerprint density at radius 1 is 1.26 bits per heavy atom. The summed E-state index contributed by atoms with van der Waals surface area (Å²) in [6.07, 6.45) is 1.89. The van der Waals surface area contributed by atoms with Gasteiger partial charge in [-0.2, -0.15) is 10.5 Å². The Kier molecular flexibility index (Phi) is 3.88. The van der Waals surface area contributed by atoms with Gasteiger partial charge >= 0.3 is 0 Å². The quantitative estimate of drug-likeness (QED) is 0.814. The molecule has 0 N–H and O–H groups in total. The van der Waals surface area contributed by atoms with E-state index >= 15 is 0 Å². The van der Waals surface area contributed by atoms with Crippen molar-refractivity contribution in [2.45, 2.75) is 33.2 Å². The number of aryl methyl sites for hydroxylation is 1. The lowest BCUT2D eigenvalue weighted by Crippen LogP contribution is -2.37. The lowest BCUT2D eigenvalue weighted by molar-refractivity contribution is 0.150. The summed E-state index contributed by atoms with van der Waals surface area (Å²) >= 11 is 0. The molecule has 1 fully saturated rings. The molecule has 3 heteroatoms. The van der Waals surface area contributed by atoms with Crippen LogP contribution in [-0.2, 0) is 6.54 Å². The molecule has 0 atom stereocenters. The first kappa shape index (κ1) is 13.6. The van der Waals surface area contributed by atoms with E-state index in [1.807, 2.05) is 18.2 Å². The molecular formula is C16H19N3.